The van der Waals surface area contributed by atoms with E-state index in [4.69, 9.17) is 11.2 Å². The van der Waals surface area contributed by atoms with Crippen LogP contribution in [0.5, 0.6) is 0 Å². The summed E-state index contributed by atoms with van der Waals surface area (Å²) in [4.78, 5) is 11.7. The SMILES string of the molecule is C#CCSCCNC1CCCC(C(=O)OCC)C1. The number of ether oxygens (including phenoxy) is 1. The summed E-state index contributed by atoms with van der Waals surface area (Å²) in [7, 11) is 0. The molecule has 0 aliphatic heterocycles. The highest BCUT2D eigenvalue weighted by Gasteiger charge is 2.27. The minimum atomic E-state index is -0.0225. The summed E-state index contributed by atoms with van der Waals surface area (Å²) in [6.07, 6.45) is 9.35. The molecule has 102 valence electrons. The molecule has 0 bridgehead atoms. The minimum absolute atomic E-state index is 0.0225. The van der Waals surface area contributed by atoms with Crippen molar-refractivity contribution in [2.24, 2.45) is 5.92 Å². The second-order valence-electron chi connectivity index (χ2n) is 4.52. The van der Waals surface area contributed by atoms with Crippen molar-refractivity contribution in [1.82, 2.24) is 5.32 Å². The van der Waals surface area contributed by atoms with Crippen LogP contribution in [-0.4, -0.2) is 36.7 Å². The standard InChI is InChI=1S/C14H23NO2S/c1-3-9-18-10-8-15-13-7-5-6-12(11-13)14(16)17-4-2/h1,12-13,15H,4-11H2,2H3. The average Bonchev–Trinajstić information content (AvgIpc) is 2.39. The largest absolute Gasteiger partial charge is 0.466 e. The second kappa shape index (κ2) is 9.29. The van der Waals surface area contributed by atoms with Crippen LogP contribution in [0.4, 0.5) is 0 Å². The molecule has 0 saturated heterocycles. The molecule has 1 fully saturated rings. The Bertz CT molecular complexity index is 288. The molecule has 0 aromatic carbocycles. The minimum Gasteiger partial charge on any atom is -0.466 e. The molecule has 3 nitrogen and oxygen atoms in total. The highest BCUT2D eigenvalue weighted by molar-refractivity contribution is 7.99. The van der Waals surface area contributed by atoms with Crippen LogP contribution < -0.4 is 5.32 Å². The number of carbonyl (C=O) groups is 1. The molecule has 1 aliphatic carbocycles. The van der Waals surface area contributed by atoms with E-state index >= 15 is 0 Å². The van der Waals surface area contributed by atoms with Gasteiger partial charge in [-0.25, -0.2) is 0 Å². The lowest BCUT2D eigenvalue weighted by Crippen LogP contribution is -2.38. The Balaban J connectivity index is 2.18. The van der Waals surface area contributed by atoms with Gasteiger partial charge in [-0.1, -0.05) is 12.3 Å². The van der Waals surface area contributed by atoms with Crippen LogP contribution >= 0.6 is 11.8 Å². The normalized spacial score (nSPS) is 23.3. The number of esters is 1. The van der Waals surface area contributed by atoms with Gasteiger partial charge in [-0.2, -0.15) is 0 Å². The molecule has 1 saturated carbocycles. The van der Waals surface area contributed by atoms with Crippen molar-refractivity contribution >= 4 is 17.7 Å². The van der Waals surface area contributed by atoms with Gasteiger partial charge in [0.2, 0.25) is 0 Å². The van der Waals surface area contributed by atoms with Crippen molar-refractivity contribution in [3.63, 3.8) is 0 Å². The molecular weight excluding hydrogens is 246 g/mol. The monoisotopic (exact) mass is 269 g/mol. The first-order valence-corrected chi connectivity index (χ1v) is 7.84. The zero-order valence-electron chi connectivity index (χ0n) is 11.1. The van der Waals surface area contributed by atoms with Gasteiger partial charge in [0.25, 0.3) is 0 Å². The van der Waals surface area contributed by atoms with E-state index in [-0.39, 0.29) is 11.9 Å². The smallest absolute Gasteiger partial charge is 0.308 e. The Morgan fingerprint density at radius 3 is 3.11 bits per heavy atom. The van der Waals surface area contributed by atoms with Gasteiger partial charge in [-0.3, -0.25) is 4.79 Å². The van der Waals surface area contributed by atoms with Crippen LogP contribution in [0, 0.1) is 18.3 Å². The molecule has 4 heteroatoms. The lowest BCUT2D eigenvalue weighted by molar-refractivity contribution is -0.149. The summed E-state index contributed by atoms with van der Waals surface area (Å²) in [6.45, 7) is 3.31. The summed E-state index contributed by atoms with van der Waals surface area (Å²) in [5.41, 5.74) is 0. The maximum atomic E-state index is 11.7. The van der Waals surface area contributed by atoms with Gasteiger partial charge in [0.05, 0.1) is 18.3 Å². The van der Waals surface area contributed by atoms with Crippen molar-refractivity contribution in [3.05, 3.63) is 0 Å². The highest BCUT2D eigenvalue weighted by Crippen LogP contribution is 2.25. The topological polar surface area (TPSA) is 38.3 Å². The fourth-order valence-electron chi connectivity index (χ4n) is 2.32. The molecular formula is C14H23NO2S. The van der Waals surface area contributed by atoms with Crippen LogP contribution in [0.25, 0.3) is 0 Å². The fraction of sp³-hybridized carbons (Fsp3) is 0.786. The first-order valence-electron chi connectivity index (χ1n) is 6.69. The molecule has 0 aromatic rings. The van der Waals surface area contributed by atoms with Gasteiger partial charge in [0.15, 0.2) is 0 Å². The van der Waals surface area contributed by atoms with Crippen LogP contribution in [0.15, 0.2) is 0 Å². The van der Waals surface area contributed by atoms with Crippen LogP contribution in [-0.2, 0) is 9.53 Å². The van der Waals surface area contributed by atoms with Gasteiger partial charge >= 0.3 is 5.97 Å². The van der Waals surface area contributed by atoms with Crippen molar-refractivity contribution in [1.29, 1.82) is 0 Å². The summed E-state index contributed by atoms with van der Waals surface area (Å²) < 4.78 is 5.09. The highest BCUT2D eigenvalue weighted by atomic mass is 32.2. The molecule has 0 aromatic heterocycles. The molecule has 0 radical (unpaired) electrons. The van der Waals surface area contributed by atoms with E-state index < -0.39 is 0 Å². The zero-order chi connectivity index (χ0) is 13.2. The number of nitrogens with one attached hydrogen (secondary N) is 1. The third-order valence-electron chi connectivity index (χ3n) is 3.16. The first-order chi connectivity index (χ1) is 8.77. The van der Waals surface area contributed by atoms with Gasteiger partial charge in [-0.05, 0) is 26.2 Å². The lowest BCUT2D eigenvalue weighted by Gasteiger charge is -2.28. The maximum absolute atomic E-state index is 11.7. The lowest BCUT2D eigenvalue weighted by atomic mass is 9.86. The zero-order valence-corrected chi connectivity index (χ0v) is 11.9. The summed E-state index contributed by atoms with van der Waals surface area (Å²) in [5.74, 6) is 4.49. The molecule has 1 rings (SSSR count). The van der Waals surface area contributed by atoms with E-state index in [1.54, 1.807) is 11.8 Å². The van der Waals surface area contributed by atoms with E-state index in [9.17, 15) is 4.79 Å². The summed E-state index contributed by atoms with van der Waals surface area (Å²) in [6, 6.07) is 0.458. The molecule has 0 spiro atoms. The molecule has 1 N–H and O–H groups in total. The first kappa shape index (κ1) is 15.4. The van der Waals surface area contributed by atoms with E-state index in [1.165, 1.54) is 0 Å². The molecule has 1 aliphatic rings. The van der Waals surface area contributed by atoms with Gasteiger partial charge in [0, 0.05) is 18.3 Å². The average molecular weight is 269 g/mol. The number of carbonyl (C=O) groups excluding carboxylic acids is 1. The maximum Gasteiger partial charge on any atom is 0.308 e. The third-order valence-corrected chi connectivity index (χ3v) is 4.02. The number of terminal acetylenes is 1. The Labute approximate surface area is 114 Å². The second-order valence-corrected chi connectivity index (χ2v) is 5.63. The quantitative estimate of drug-likeness (QED) is 0.436. The van der Waals surface area contributed by atoms with E-state index in [0.29, 0.717) is 12.6 Å². The Morgan fingerprint density at radius 1 is 1.56 bits per heavy atom. The predicted octanol–water partition coefficient (Wildman–Crippen LogP) is 2.06. The summed E-state index contributed by atoms with van der Waals surface area (Å²) in [5, 5.41) is 3.51. The van der Waals surface area contributed by atoms with Crippen LogP contribution in [0.3, 0.4) is 0 Å². The molecule has 2 atom stereocenters. The molecule has 2 unspecified atom stereocenters. The van der Waals surface area contributed by atoms with Crippen molar-refractivity contribution in [3.8, 4) is 12.3 Å². The van der Waals surface area contributed by atoms with E-state index in [1.807, 2.05) is 6.92 Å². The van der Waals surface area contributed by atoms with Crippen molar-refractivity contribution < 1.29 is 9.53 Å². The van der Waals surface area contributed by atoms with Gasteiger partial charge in [-0.15, -0.1) is 18.2 Å². The van der Waals surface area contributed by atoms with E-state index in [2.05, 4.69) is 11.2 Å². The van der Waals surface area contributed by atoms with E-state index in [0.717, 1.165) is 43.7 Å². The number of rotatable bonds is 7. The molecule has 18 heavy (non-hydrogen) atoms. The number of thioether (sulfide) groups is 1. The third kappa shape index (κ3) is 5.79. The number of hydrogen-bond acceptors (Lipinski definition) is 4. The van der Waals surface area contributed by atoms with Crippen molar-refractivity contribution in [2.45, 2.75) is 38.6 Å². The predicted molar refractivity (Wildman–Crippen MR) is 76.5 cm³/mol. The molecule has 0 amide bonds. The number of hydrogen-bond donors (Lipinski definition) is 1. The van der Waals surface area contributed by atoms with Crippen LogP contribution in [0.2, 0.25) is 0 Å². The van der Waals surface area contributed by atoms with Gasteiger partial charge < -0.3 is 10.1 Å². The Hall–Kier alpha value is -0.660. The van der Waals surface area contributed by atoms with Crippen LogP contribution in [0.1, 0.15) is 32.6 Å². The Morgan fingerprint density at radius 2 is 2.39 bits per heavy atom. The Kier molecular flexibility index (Phi) is 7.95. The fourth-order valence-corrected chi connectivity index (χ4v) is 2.84. The molecule has 0 heterocycles. The van der Waals surface area contributed by atoms with Gasteiger partial charge in [0.1, 0.15) is 0 Å². The summed E-state index contributed by atoms with van der Waals surface area (Å²) >= 11 is 1.77. The van der Waals surface area contributed by atoms with Crippen molar-refractivity contribution in [2.75, 3.05) is 24.7 Å².